The molecule has 4 rings (SSSR count). The Bertz CT molecular complexity index is 731. The second kappa shape index (κ2) is 4.33. The smallest absolute Gasteiger partial charge is 0.310 e. The van der Waals surface area contributed by atoms with Crippen molar-refractivity contribution in [1.29, 1.82) is 0 Å². The number of ether oxygens (including phenoxy) is 1. The van der Waals surface area contributed by atoms with E-state index in [1.807, 2.05) is 19.1 Å². The van der Waals surface area contributed by atoms with Crippen LogP contribution in [0.5, 0.6) is 0 Å². The molecule has 1 N–H and O–H groups in total. The number of rotatable bonds is 2. The van der Waals surface area contributed by atoms with E-state index in [0.29, 0.717) is 11.6 Å². The van der Waals surface area contributed by atoms with Gasteiger partial charge in [0.1, 0.15) is 11.5 Å². The van der Waals surface area contributed by atoms with Crippen molar-refractivity contribution >= 4 is 29.2 Å². The van der Waals surface area contributed by atoms with E-state index in [4.69, 9.17) is 16.3 Å². The third-order valence-corrected chi connectivity index (χ3v) is 5.26. The Balaban J connectivity index is 1.74. The SMILES string of the molecule is Cc1cc(N2C[C@@]34C=C[C@@H](O3)[C@@H](C(=O)O)[C@@H]4C2=O)ccc1Cl. The molecule has 1 amide bonds. The maximum Gasteiger partial charge on any atom is 0.310 e. The quantitative estimate of drug-likeness (QED) is 0.847. The molecule has 114 valence electrons. The zero-order valence-corrected chi connectivity index (χ0v) is 12.6. The molecule has 2 saturated heterocycles. The van der Waals surface area contributed by atoms with Gasteiger partial charge >= 0.3 is 5.97 Å². The fraction of sp³-hybridized carbons (Fsp3) is 0.375. The van der Waals surface area contributed by atoms with E-state index in [1.165, 1.54) is 0 Å². The summed E-state index contributed by atoms with van der Waals surface area (Å²) in [5, 5.41) is 10.1. The van der Waals surface area contributed by atoms with Gasteiger partial charge in [0.25, 0.3) is 0 Å². The number of nitrogens with zero attached hydrogens (tertiary/aromatic N) is 1. The van der Waals surface area contributed by atoms with Crippen molar-refractivity contribution in [2.24, 2.45) is 11.8 Å². The van der Waals surface area contributed by atoms with Gasteiger partial charge in [0.15, 0.2) is 0 Å². The van der Waals surface area contributed by atoms with Crippen LogP contribution in [0.15, 0.2) is 30.4 Å². The summed E-state index contributed by atoms with van der Waals surface area (Å²) in [5.74, 6) is -2.64. The first-order valence-electron chi connectivity index (χ1n) is 7.10. The molecule has 0 saturated carbocycles. The summed E-state index contributed by atoms with van der Waals surface area (Å²) in [6.45, 7) is 2.21. The molecule has 4 atom stereocenters. The predicted octanol–water partition coefficient (Wildman–Crippen LogP) is 2.02. The van der Waals surface area contributed by atoms with Gasteiger partial charge in [-0.25, -0.2) is 0 Å². The molecular weight excluding hydrogens is 306 g/mol. The minimum atomic E-state index is -0.983. The Morgan fingerprint density at radius 1 is 1.50 bits per heavy atom. The second-order valence-corrected chi connectivity index (χ2v) is 6.50. The molecule has 1 aromatic rings. The topological polar surface area (TPSA) is 66.8 Å². The molecule has 3 heterocycles. The van der Waals surface area contributed by atoms with Crippen molar-refractivity contribution in [3.8, 4) is 0 Å². The number of hydrogen-bond donors (Lipinski definition) is 1. The third-order valence-electron chi connectivity index (χ3n) is 4.84. The van der Waals surface area contributed by atoms with E-state index >= 15 is 0 Å². The van der Waals surface area contributed by atoms with Crippen molar-refractivity contribution < 1.29 is 19.4 Å². The summed E-state index contributed by atoms with van der Waals surface area (Å²) in [6.07, 6.45) is 3.11. The number of fused-ring (bicyclic) bond motifs is 1. The zero-order valence-electron chi connectivity index (χ0n) is 11.8. The molecule has 2 fully saturated rings. The average Bonchev–Trinajstić information content (AvgIpc) is 3.10. The van der Waals surface area contributed by atoms with Crippen molar-refractivity contribution in [2.75, 3.05) is 11.4 Å². The number of aliphatic carboxylic acids is 1. The van der Waals surface area contributed by atoms with E-state index in [9.17, 15) is 14.7 Å². The van der Waals surface area contributed by atoms with Gasteiger partial charge in [0.05, 0.1) is 18.6 Å². The lowest BCUT2D eigenvalue weighted by molar-refractivity contribution is -0.146. The Kier molecular flexibility index (Phi) is 2.72. The number of hydrogen-bond acceptors (Lipinski definition) is 3. The summed E-state index contributed by atoms with van der Waals surface area (Å²) >= 11 is 6.03. The van der Waals surface area contributed by atoms with Crippen LogP contribution in [0, 0.1) is 18.8 Å². The van der Waals surface area contributed by atoms with Gasteiger partial charge in [-0.3, -0.25) is 9.59 Å². The Morgan fingerprint density at radius 3 is 2.95 bits per heavy atom. The van der Waals surface area contributed by atoms with Crippen LogP contribution >= 0.6 is 11.6 Å². The first kappa shape index (κ1) is 13.8. The van der Waals surface area contributed by atoms with Crippen LogP contribution in [0.25, 0.3) is 0 Å². The van der Waals surface area contributed by atoms with Gasteiger partial charge < -0.3 is 14.7 Å². The monoisotopic (exact) mass is 319 g/mol. The summed E-state index contributed by atoms with van der Waals surface area (Å²) in [5.41, 5.74) is 0.788. The van der Waals surface area contributed by atoms with Gasteiger partial charge in [-0.05, 0) is 30.7 Å². The van der Waals surface area contributed by atoms with Crippen molar-refractivity contribution in [3.05, 3.63) is 40.9 Å². The lowest BCUT2D eigenvalue weighted by Gasteiger charge is -2.21. The molecule has 2 bridgehead atoms. The van der Waals surface area contributed by atoms with Gasteiger partial charge in [-0.1, -0.05) is 23.8 Å². The lowest BCUT2D eigenvalue weighted by Crippen LogP contribution is -2.39. The number of carboxylic acids is 1. The largest absolute Gasteiger partial charge is 0.481 e. The van der Waals surface area contributed by atoms with Crippen LogP contribution in [0.3, 0.4) is 0 Å². The molecular formula is C16H14ClNO4. The molecule has 3 aliphatic rings. The Labute approximate surface area is 132 Å². The van der Waals surface area contributed by atoms with Crippen LogP contribution in [0.1, 0.15) is 5.56 Å². The average molecular weight is 320 g/mol. The van der Waals surface area contributed by atoms with Crippen LogP contribution < -0.4 is 4.90 Å². The van der Waals surface area contributed by atoms with E-state index in [0.717, 1.165) is 11.3 Å². The molecule has 1 aromatic carbocycles. The van der Waals surface area contributed by atoms with Crippen LogP contribution in [0.4, 0.5) is 5.69 Å². The summed E-state index contributed by atoms with van der Waals surface area (Å²) in [4.78, 5) is 25.9. The number of halogens is 1. The molecule has 5 nitrogen and oxygen atoms in total. The maximum atomic E-state index is 12.8. The van der Waals surface area contributed by atoms with Gasteiger partial charge in [-0.2, -0.15) is 0 Å². The maximum absolute atomic E-state index is 12.8. The molecule has 3 aliphatic heterocycles. The molecule has 0 radical (unpaired) electrons. The van der Waals surface area contributed by atoms with Gasteiger partial charge in [-0.15, -0.1) is 0 Å². The Morgan fingerprint density at radius 2 is 2.27 bits per heavy atom. The first-order valence-corrected chi connectivity index (χ1v) is 7.48. The van der Waals surface area contributed by atoms with Crippen molar-refractivity contribution in [3.63, 3.8) is 0 Å². The van der Waals surface area contributed by atoms with Gasteiger partial charge in [0, 0.05) is 10.7 Å². The minimum absolute atomic E-state index is 0.194. The normalized spacial score (nSPS) is 35.3. The van der Waals surface area contributed by atoms with Crippen LogP contribution in [-0.4, -0.2) is 35.2 Å². The third kappa shape index (κ3) is 1.63. The number of carboxylic acid groups (broad SMARTS) is 1. The van der Waals surface area contributed by atoms with E-state index in [-0.39, 0.29) is 5.91 Å². The number of carbonyl (C=O) groups excluding carboxylic acids is 1. The van der Waals surface area contributed by atoms with E-state index in [2.05, 4.69) is 0 Å². The summed E-state index contributed by atoms with van der Waals surface area (Å²) in [6, 6.07) is 5.36. The zero-order chi connectivity index (χ0) is 15.6. The van der Waals surface area contributed by atoms with Crippen molar-refractivity contribution in [2.45, 2.75) is 18.6 Å². The fourth-order valence-corrected chi connectivity index (χ4v) is 3.91. The predicted molar refractivity (Wildman–Crippen MR) is 79.9 cm³/mol. The Hall–Kier alpha value is -1.85. The highest BCUT2D eigenvalue weighted by Crippen LogP contribution is 2.52. The summed E-state index contributed by atoms with van der Waals surface area (Å²) < 4.78 is 5.85. The molecule has 0 aliphatic carbocycles. The lowest BCUT2D eigenvalue weighted by atomic mass is 9.77. The number of carbonyl (C=O) groups is 2. The van der Waals surface area contributed by atoms with Crippen LogP contribution in [-0.2, 0) is 14.3 Å². The number of aryl methyl sites for hydroxylation is 1. The highest BCUT2D eigenvalue weighted by Gasteiger charge is 2.67. The van der Waals surface area contributed by atoms with E-state index < -0.39 is 29.5 Å². The molecule has 1 spiro atoms. The second-order valence-electron chi connectivity index (χ2n) is 6.10. The number of benzene rings is 1. The fourth-order valence-electron chi connectivity index (χ4n) is 3.80. The number of amides is 1. The molecule has 0 unspecified atom stereocenters. The molecule has 0 aromatic heterocycles. The van der Waals surface area contributed by atoms with Crippen LogP contribution in [0.2, 0.25) is 5.02 Å². The highest BCUT2D eigenvalue weighted by atomic mass is 35.5. The highest BCUT2D eigenvalue weighted by molar-refractivity contribution is 6.31. The molecule has 6 heteroatoms. The summed E-state index contributed by atoms with van der Waals surface area (Å²) in [7, 11) is 0. The first-order chi connectivity index (χ1) is 10.4. The van der Waals surface area contributed by atoms with E-state index in [1.54, 1.807) is 23.1 Å². The standard InChI is InChI=1S/C16H14ClNO4/c1-8-6-9(2-3-10(8)17)18-7-16-5-4-11(22-16)12(15(20)21)13(16)14(18)19/h2-6,11-13H,7H2,1H3,(H,20,21)/t11-,12-,13-,16-/m1/s1. The number of anilines is 1. The van der Waals surface area contributed by atoms with Gasteiger partial charge in [0.2, 0.25) is 5.91 Å². The minimum Gasteiger partial charge on any atom is -0.481 e. The van der Waals surface area contributed by atoms with Crippen molar-refractivity contribution in [1.82, 2.24) is 0 Å². The molecule has 22 heavy (non-hydrogen) atoms.